The van der Waals surface area contributed by atoms with Crippen LogP contribution in [0.5, 0.6) is 0 Å². The fourth-order valence-electron chi connectivity index (χ4n) is 4.36. The van der Waals surface area contributed by atoms with Gasteiger partial charge in [-0.1, -0.05) is 48.5 Å². The Morgan fingerprint density at radius 1 is 1.04 bits per heavy atom. The zero-order valence-corrected chi connectivity index (χ0v) is 16.4. The lowest BCUT2D eigenvalue weighted by atomic mass is 9.98. The van der Waals surface area contributed by atoms with E-state index in [1.807, 2.05) is 20.8 Å². The molecule has 0 bridgehead atoms. The van der Waals surface area contributed by atoms with Gasteiger partial charge in [0, 0.05) is 12.6 Å². The minimum Gasteiger partial charge on any atom is -0.444 e. The van der Waals surface area contributed by atoms with Crippen molar-refractivity contribution in [1.82, 2.24) is 10.2 Å². The van der Waals surface area contributed by atoms with Gasteiger partial charge < -0.3 is 10.1 Å². The van der Waals surface area contributed by atoms with Crippen LogP contribution in [-0.4, -0.2) is 35.7 Å². The Bertz CT molecular complexity index is 795. The van der Waals surface area contributed by atoms with E-state index >= 15 is 0 Å². The molecule has 1 amide bonds. The van der Waals surface area contributed by atoms with E-state index in [1.54, 1.807) is 0 Å². The first kappa shape index (κ1) is 18.1. The molecule has 2 aromatic carbocycles. The molecule has 142 valence electrons. The van der Waals surface area contributed by atoms with Crippen LogP contribution in [0.2, 0.25) is 0 Å². The number of carbonyl (C=O) groups is 1. The second-order valence-corrected chi connectivity index (χ2v) is 8.56. The molecule has 4 nitrogen and oxygen atoms in total. The third-order valence-corrected chi connectivity index (χ3v) is 5.34. The molecule has 1 aliphatic carbocycles. The number of carbonyl (C=O) groups excluding carboxylic acids is 1. The summed E-state index contributed by atoms with van der Waals surface area (Å²) in [4.78, 5) is 14.7. The van der Waals surface area contributed by atoms with E-state index in [0.29, 0.717) is 0 Å². The van der Waals surface area contributed by atoms with Crippen LogP contribution in [0.4, 0.5) is 4.79 Å². The third kappa shape index (κ3) is 3.72. The molecule has 1 fully saturated rings. The standard InChI is InChI=1S/C23H28N2O2/c1-23(2,3)27-22(26)24-16-9-8-14-25(15-16)21-19-12-6-4-10-17(19)18-11-5-7-13-20(18)21/h4-7,10-13,16,21H,8-9,14-15H2,1-3H3,(H,24,26)/t16-/m0/s1. The molecule has 1 heterocycles. The quantitative estimate of drug-likeness (QED) is 0.836. The lowest BCUT2D eigenvalue weighted by Gasteiger charge is -2.38. The predicted octanol–water partition coefficient (Wildman–Crippen LogP) is 4.75. The zero-order valence-electron chi connectivity index (χ0n) is 16.4. The molecule has 1 aliphatic heterocycles. The molecule has 0 radical (unpaired) electrons. The number of hydrogen-bond donors (Lipinski definition) is 1. The summed E-state index contributed by atoms with van der Waals surface area (Å²) in [7, 11) is 0. The normalized spacial score (nSPS) is 20.0. The molecule has 4 heteroatoms. The molecule has 1 N–H and O–H groups in total. The number of benzene rings is 2. The number of nitrogens with one attached hydrogen (secondary N) is 1. The van der Waals surface area contributed by atoms with Gasteiger partial charge in [0.1, 0.15) is 5.60 Å². The average molecular weight is 364 g/mol. The SMILES string of the molecule is CC(C)(C)OC(=O)N[C@H]1CCCN(C2c3ccccc3-c3ccccc32)C1. The number of piperidine rings is 1. The van der Waals surface area contributed by atoms with Crippen LogP contribution in [0, 0.1) is 0 Å². The van der Waals surface area contributed by atoms with E-state index in [2.05, 4.69) is 58.7 Å². The van der Waals surface area contributed by atoms with E-state index in [0.717, 1.165) is 25.9 Å². The number of likely N-dealkylation sites (tertiary alicyclic amines) is 1. The van der Waals surface area contributed by atoms with Crippen LogP contribution in [0.25, 0.3) is 11.1 Å². The lowest BCUT2D eigenvalue weighted by Crippen LogP contribution is -2.49. The smallest absolute Gasteiger partial charge is 0.407 e. The van der Waals surface area contributed by atoms with E-state index in [9.17, 15) is 4.79 Å². The zero-order chi connectivity index (χ0) is 19.0. The van der Waals surface area contributed by atoms with Gasteiger partial charge in [-0.15, -0.1) is 0 Å². The molecule has 0 aromatic heterocycles. The van der Waals surface area contributed by atoms with Crippen LogP contribution >= 0.6 is 0 Å². The van der Waals surface area contributed by atoms with Gasteiger partial charge in [-0.3, -0.25) is 4.90 Å². The molecule has 2 aromatic rings. The number of fused-ring (bicyclic) bond motifs is 3. The van der Waals surface area contributed by atoms with Gasteiger partial charge in [0.25, 0.3) is 0 Å². The van der Waals surface area contributed by atoms with Crippen molar-refractivity contribution in [2.24, 2.45) is 0 Å². The van der Waals surface area contributed by atoms with Gasteiger partial charge >= 0.3 is 6.09 Å². The first-order chi connectivity index (χ1) is 12.9. The lowest BCUT2D eigenvalue weighted by molar-refractivity contribution is 0.0463. The van der Waals surface area contributed by atoms with Crippen molar-refractivity contribution in [2.75, 3.05) is 13.1 Å². The Labute approximate surface area is 161 Å². The summed E-state index contributed by atoms with van der Waals surface area (Å²) in [6, 6.07) is 17.8. The Morgan fingerprint density at radius 3 is 2.22 bits per heavy atom. The summed E-state index contributed by atoms with van der Waals surface area (Å²) in [6.07, 6.45) is 1.74. The van der Waals surface area contributed by atoms with Crippen molar-refractivity contribution in [1.29, 1.82) is 0 Å². The number of hydrogen-bond acceptors (Lipinski definition) is 3. The summed E-state index contributed by atoms with van der Waals surface area (Å²) in [5.74, 6) is 0. The Hall–Kier alpha value is -2.33. The molecule has 1 saturated heterocycles. The number of ether oxygens (including phenoxy) is 1. The van der Waals surface area contributed by atoms with E-state index < -0.39 is 5.60 Å². The first-order valence-electron chi connectivity index (χ1n) is 9.84. The maximum Gasteiger partial charge on any atom is 0.407 e. The molecule has 4 rings (SSSR count). The second-order valence-electron chi connectivity index (χ2n) is 8.56. The fraction of sp³-hybridized carbons (Fsp3) is 0.435. The Kier molecular flexibility index (Phi) is 4.68. The molecule has 0 spiro atoms. The van der Waals surface area contributed by atoms with Crippen LogP contribution in [0.3, 0.4) is 0 Å². The maximum atomic E-state index is 12.2. The largest absolute Gasteiger partial charge is 0.444 e. The molecular formula is C23H28N2O2. The van der Waals surface area contributed by atoms with Crippen molar-refractivity contribution >= 4 is 6.09 Å². The van der Waals surface area contributed by atoms with Gasteiger partial charge in [0.05, 0.1) is 6.04 Å². The molecule has 2 aliphatic rings. The minimum atomic E-state index is -0.470. The van der Waals surface area contributed by atoms with Crippen molar-refractivity contribution < 1.29 is 9.53 Å². The predicted molar refractivity (Wildman–Crippen MR) is 108 cm³/mol. The van der Waals surface area contributed by atoms with E-state index in [4.69, 9.17) is 4.74 Å². The summed E-state index contributed by atoms with van der Waals surface area (Å²) in [5.41, 5.74) is 4.94. The summed E-state index contributed by atoms with van der Waals surface area (Å²) in [5, 5.41) is 3.07. The van der Waals surface area contributed by atoms with Crippen molar-refractivity contribution in [3.8, 4) is 11.1 Å². The van der Waals surface area contributed by atoms with Crippen molar-refractivity contribution in [3.63, 3.8) is 0 Å². The summed E-state index contributed by atoms with van der Waals surface area (Å²) >= 11 is 0. The van der Waals surface area contributed by atoms with Crippen LogP contribution in [0.1, 0.15) is 50.8 Å². The number of amides is 1. The summed E-state index contributed by atoms with van der Waals surface area (Å²) < 4.78 is 5.45. The van der Waals surface area contributed by atoms with Crippen molar-refractivity contribution in [2.45, 2.75) is 51.3 Å². The highest BCUT2D eigenvalue weighted by atomic mass is 16.6. The Morgan fingerprint density at radius 2 is 1.63 bits per heavy atom. The number of rotatable bonds is 2. The number of alkyl carbamates (subject to hydrolysis) is 1. The van der Waals surface area contributed by atoms with Gasteiger partial charge in [0.2, 0.25) is 0 Å². The van der Waals surface area contributed by atoms with Crippen LogP contribution < -0.4 is 5.32 Å². The molecule has 27 heavy (non-hydrogen) atoms. The van der Waals surface area contributed by atoms with Crippen LogP contribution in [-0.2, 0) is 4.74 Å². The van der Waals surface area contributed by atoms with Gasteiger partial charge in [0.15, 0.2) is 0 Å². The molecule has 0 unspecified atom stereocenters. The van der Waals surface area contributed by atoms with Crippen LogP contribution in [0.15, 0.2) is 48.5 Å². The molecule has 1 atom stereocenters. The van der Waals surface area contributed by atoms with Gasteiger partial charge in [-0.2, -0.15) is 0 Å². The third-order valence-electron chi connectivity index (χ3n) is 5.34. The van der Waals surface area contributed by atoms with E-state index in [1.165, 1.54) is 22.3 Å². The van der Waals surface area contributed by atoms with E-state index in [-0.39, 0.29) is 18.2 Å². The van der Waals surface area contributed by atoms with Crippen molar-refractivity contribution in [3.05, 3.63) is 59.7 Å². The topological polar surface area (TPSA) is 41.6 Å². The highest BCUT2D eigenvalue weighted by molar-refractivity contribution is 5.78. The summed E-state index contributed by atoms with van der Waals surface area (Å²) in [6.45, 7) is 7.57. The van der Waals surface area contributed by atoms with Gasteiger partial charge in [-0.05, 0) is 62.4 Å². The van der Waals surface area contributed by atoms with Gasteiger partial charge in [-0.25, -0.2) is 4.79 Å². The minimum absolute atomic E-state index is 0.119. The highest BCUT2D eigenvalue weighted by Gasteiger charge is 2.35. The second kappa shape index (κ2) is 7.01. The number of nitrogens with zero attached hydrogens (tertiary/aromatic N) is 1. The molecule has 0 saturated carbocycles. The molecular weight excluding hydrogens is 336 g/mol. The average Bonchev–Trinajstić information content (AvgIpc) is 2.95. The first-order valence-corrected chi connectivity index (χ1v) is 9.84. The highest BCUT2D eigenvalue weighted by Crippen LogP contribution is 2.46. The monoisotopic (exact) mass is 364 g/mol. The fourth-order valence-corrected chi connectivity index (χ4v) is 4.36. The maximum absolute atomic E-state index is 12.2. The Balaban J connectivity index is 1.54.